The molecule has 0 unspecified atom stereocenters. The predicted octanol–water partition coefficient (Wildman–Crippen LogP) is 3.04. The second kappa shape index (κ2) is 7.73. The van der Waals surface area contributed by atoms with Crippen LogP contribution in [0.5, 0.6) is 5.75 Å². The number of rotatable bonds is 6. The molecule has 1 aromatic heterocycles. The highest BCUT2D eigenvalue weighted by atomic mass is 16.5. The van der Waals surface area contributed by atoms with Gasteiger partial charge in [0.1, 0.15) is 18.7 Å². The number of aromatic amines is 1. The van der Waals surface area contributed by atoms with Gasteiger partial charge in [0.25, 0.3) is 5.91 Å². The molecule has 0 radical (unpaired) electrons. The minimum absolute atomic E-state index is 0.289. The minimum atomic E-state index is -0.289. The van der Waals surface area contributed by atoms with Crippen molar-refractivity contribution >= 4 is 17.9 Å². The molecular weight excluding hydrogens is 304 g/mol. The van der Waals surface area contributed by atoms with Gasteiger partial charge in [0, 0.05) is 6.08 Å². The van der Waals surface area contributed by atoms with E-state index < -0.39 is 0 Å². The van der Waals surface area contributed by atoms with Crippen molar-refractivity contribution in [1.29, 1.82) is 0 Å². The second-order valence-corrected chi connectivity index (χ2v) is 5.00. The monoisotopic (exact) mass is 320 g/mol. The van der Waals surface area contributed by atoms with Crippen molar-refractivity contribution in [2.45, 2.75) is 6.61 Å². The molecule has 6 heteroatoms. The number of nitrogens with one attached hydrogen (secondary N) is 2. The molecule has 0 fully saturated rings. The van der Waals surface area contributed by atoms with Gasteiger partial charge in [-0.25, -0.2) is 5.10 Å². The number of hydrogen-bond acceptors (Lipinski definition) is 4. The zero-order valence-electron chi connectivity index (χ0n) is 12.8. The summed E-state index contributed by atoms with van der Waals surface area (Å²) >= 11 is 0. The zero-order valence-corrected chi connectivity index (χ0v) is 12.8. The molecule has 0 aliphatic carbocycles. The van der Waals surface area contributed by atoms with Gasteiger partial charge in [-0.05, 0) is 29.3 Å². The first kappa shape index (κ1) is 15.5. The van der Waals surface area contributed by atoms with Gasteiger partial charge in [0.2, 0.25) is 5.95 Å². The van der Waals surface area contributed by atoms with Gasteiger partial charge in [0.15, 0.2) is 0 Å². The molecule has 3 rings (SSSR count). The molecule has 0 spiro atoms. The summed E-state index contributed by atoms with van der Waals surface area (Å²) in [6.07, 6.45) is 4.47. The molecule has 0 saturated heterocycles. The van der Waals surface area contributed by atoms with Gasteiger partial charge in [-0.2, -0.15) is 10.1 Å². The van der Waals surface area contributed by atoms with E-state index in [9.17, 15) is 4.79 Å². The second-order valence-electron chi connectivity index (χ2n) is 5.00. The van der Waals surface area contributed by atoms with E-state index in [1.54, 1.807) is 6.08 Å². The summed E-state index contributed by atoms with van der Waals surface area (Å²) in [6.45, 7) is 0.500. The van der Waals surface area contributed by atoms with Crippen molar-refractivity contribution in [3.63, 3.8) is 0 Å². The molecule has 2 N–H and O–H groups in total. The van der Waals surface area contributed by atoms with E-state index in [1.807, 2.05) is 54.6 Å². The van der Waals surface area contributed by atoms with Crippen molar-refractivity contribution < 1.29 is 9.53 Å². The van der Waals surface area contributed by atoms with Crippen LogP contribution in [0.25, 0.3) is 6.08 Å². The number of H-pyrrole nitrogens is 1. The lowest BCUT2D eigenvalue weighted by atomic mass is 10.2. The van der Waals surface area contributed by atoms with Crippen molar-refractivity contribution in [3.05, 3.63) is 78.1 Å². The van der Waals surface area contributed by atoms with Crippen molar-refractivity contribution in [1.82, 2.24) is 15.2 Å². The number of nitrogens with zero attached hydrogens (tertiary/aromatic N) is 2. The number of carbonyl (C=O) groups excluding carboxylic acids is 1. The van der Waals surface area contributed by atoms with Gasteiger partial charge in [-0.15, -0.1) is 0 Å². The summed E-state index contributed by atoms with van der Waals surface area (Å²) in [4.78, 5) is 15.6. The average molecular weight is 320 g/mol. The van der Waals surface area contributed by atoms with E-state index in [2.05, 4.69) is 20.5 Å². The molecule has 3 aromatic rings. The van der Waals surface area contributed by atoms with Crippen LogP contribution in [0, 0.1) is 0 Å². The lowest BCUT2D eigenvalue weighted by Crippen LogP contribution is -2.08. The smallest absolute Gasteiger partial charge is 0.250 e. The van der Waals surface area contributed by atoms with Crippen LogP contribution in [0.4, 0.5) is 5.95 Å². The number of amides is 1. The Kier molecular flexibility index (Phi) is 4.99. The van der Waals surface area contributed by atoms with Gasteiger partial charge >= 0.3 is 0 Å². The molecule has 0 aliphatic rings. The normalized spacial score (nSPS) is 10.7. The van der Waals surface area contributed by atoms with E-state index >= 15 is 0 Å². The summed E-state index contributed by atoms with van der Waals surface area (Å²) in [5.41, 5.74) is 1.97. The third-order valence-electron chi connectivity index (χ3n) is 3.19. The fourth-order valence-electron chi connectivity index (χ4n) is 2.04. The highest BCUT2D eigenvalue weighted by Gasteiger charge is 2.00. The number of carbonyl (C=O) groups is 1. The number of anilines is 1. The Morgan fingerprint density at radius 1 is 1.17 bits per heavy atom. The Hall–Kier alpha value is -3.41. The average Bonchev–Trinajstić information content (AvgIpc) is 3.12. The number of hydrogen-bond donors (Lipinski definition) is 2. The quantitative estimate of drug-likeness (QED) is 0.684. The lowest BCUT2D eigenvalue weighted by Gasteiger charge is -2.06. The molecule has 1 amide bonds. The molecule has 2 aromatic carbocycles. The molecule has 6 nitrogen and oxygen atoms in total. The van der Waals surface area contributed by atoms with E-state index in [0.29, 0.717) is 12.6 Å². The van der Waals surface area contributed by atoms with Gasteiger partial charge in [-0.1, -0.05) is 42.5 Å². The Labute approximate surface area is 139 Å². The van der Waals surface area contributed by atoms with Gasteiger partial charge in [-0.3, -0.25) is 10.1 Å². The molecule has 1 heterocycles. The minimum Gasteiger partial charge on any atom is -0.489 e. The Morgan fingerprint density at radius 3 is 2.83 bits per heavy atom. The molecule has 120 valence electrons. The van der Waals surface area contributed by atoms with Crippen LogP contribution >= 0.6 is 0 Å². The van der Waals surface area contributed by atoms with Crippen LogP contribution in [0.3, 0.4) is 0 Å². The van der Waals surface area contributed by atoms with Crippen molar-refractivity contribution in [2.24, 2.45) is 0 Å². The largest absolute Gasteiger partial charge is 0.489 e. The Morgan fingerprint density at radius 2 is 2.04 bits per heavy atom. The molecule has 0 atom stereocenters. The first-order chi connectivity index (χ1) is 11.8. The van der Waals surface area contributed by atoms with Crippen LogP contribution in [0.15, 0.2) is 67.0 Å². The third-order valence-corrected chi connectivity index (χ3v) is 3.19. The maximum atomic E-state index is 11.8. The molecule has 0 bridgehead atoms. The van der Waals surface area contributed by atoms with Gasteiger partial charge < -0.3 is 4.74 Å². The molecule has 0 saturated carbocycles. The first-order valence-corrected chi connectivity index (χ1v) is 7.41. The fraction of sp³-hybridized carbons (Fsp3) is 0.0556. The van der Waals surface area contributed by atoms with E-state index in [4.69, 9.17) is 4.74 Å². The highest BCUT2D eigenvalue weighted by Crippen LogP contribution is 2.16. The summed E-state index contributed by atoms with van der Waals surface area (Å²) in [6, 6.07) is 17.5. The van der Waals surface area contributed by atoms with Crippen LogP contribution in [0.2, 0.25) is 0 Å². The molecule has 24 heavy (non-hydrogen) atoms. The third kappa shape index (κ3) is 4.54. The van der Waals surface area contributed by atoms with Crippen molar-refractivity contribution in [3.8, 4) is 5.75 Å². The Bertz CT molecular complexity index is 814. The highest BCUT2D eigenvalue weighted by molar-refractivity contribution is 6.00. The topological polar surface area (TPSA) is 79.9 Å². The first-order valence-electron chi connectivity index (χ1n) is 7.41. The number of benzene rings is 2. The lowest BCUT2D eigenvalue weighted by molar-refractivity contribution is -0.111. The summed E-state index contributed by atoms with van der Waals surface area (Å²) in [5, 5.41) is 8.79. The summed E-state index contributed by atoms with van der Waals surface area (Å²) in [7, 11) is 0. The van der Waals surface area contributed by atoms with E-state index in [-0.39, 0.29) is 5.91 Å². The maximum Gasteiger partial charge on any atom is 0.250 e. The summed E-state index contributed by atoms with van der Waals surface area (Å²) < 4.78 is 5.77. The molecule has 0 aliphatic heterocycles. The van der Waals surface area contributed by atoms with Crippen LogP contribution in [-0.4, -0.2) is 21.1 Å². The zero-order chi connectivity index (χ0) is 16.6. The van der Waals surface area contributed by atoms with Crippen LogP contribution in [0.1, 0.15) is 11.1 Å². The fourth-order valence-corrected chi connectivity index (χ4v) is 2.04. The van der Waals surface area contributed by atoms with Crippen LogP contribution in [-0.2, 0) is 11.4 Å². The van der Waals surface area contributed by atoms with E-state index in [0.717, 1.165) is 16.9 Å². The standard InChI is InChI=1S/C18H16N4O2/c23-17(21-18-19-13-20-22-18)10-9-14-7-4-8-16(11-14)24-12-15-5-2-1-3-6-15/h1-11,13H,12H2,(H2,19,20,21,22,23)/b10-9+. The Balaban J connectivity index is 1.58. The summed E-state index contributed by atoms with van der Waals surface area (Å²) in [5.74, 6) is 0.767. The van der Waals surface area contributed by atoms with E-state index in [1.165, 1.54) is 12.4 Å². The molecular formula is C18H16N4O2. The van der Waals surface area contributed by atoms with Crippen molar-refractivity contribution in [2.75, 3.05) is 5.32 Å². The predicted molar refractivity (Wildman–Crippen MR) is 91.3 cm³/mol. The number of ether oxygens (including phenoxy) is 1. The van der Waals surface area contributed by atoms with Gasteiger partial charge in [0.05, 0.1) is 0 Å². The SMILES string of the molecule is O=C(/C=C/c1cccc(OCc2ccccc2)c1)Nc1ncn[nH]1. The number of aromatic nitrogens is 3. The van der Waals surface area contributed by atoms with Crippen LogP contribution < -0.4 is 10.1 Å². The maximum absolute atomic E-state index is 11.8.